The molecule has 0 aromatic rings. The molecule has 0 aromatic heterocycles. The molecular weight excluding hydrogens is 152 g/mol. The van der Waals surface area contributed by atoms with Crippen molar-refractivity contribution in [2.45, 2.75) is 12.8 Å². The predicted molar refractivity (Wildman–Crippen MR) is 42.0 cm³/mol. The zero-order valence-corrected chi connectivity index (χ0v) is 6.62. The summed E-state index contributed by atoms with van der Waals surface area (Å²) < 4.78 is 0. The summed E-state index contributed by atoms with van der Waals surface area (Å²) in [5.41, 5.74) is 5.09. The molecule has 0 spiro atoms. The van der Waals surface area contributed by atoms with Crippen LogP contribution in [0.25, 0.3) is 0 Å². The van der Waals surface area contributed by atoms with Gasteiger partial charge >= 0.3 is 0 Å². The number of primary amides is 1. The minimum Gasteiger partial charge on any atom is -0.369 e. The lowest BCUT2D eigenvalue weighted by molar-refractivity contribution is -0.122. The van der Waals surface area contributed by atoms with Crippen LogP contribution in [0.15, 0.2) is 0 Å². The molecule has 1 heterocycles. The van der Waals surface area contributed by atoms with Crippen molar-refractivity contribution in [3.63, 3.8) is 0 Å². The molecule has 60 valence electrons. The summed E-state index contributed by atoms with van der Waals surface area (Å²) in [6, 6.07) is 0. The standard InChI is InChI=1S/C6H12N2O.ClH/c7-6(9)5-2-1-3-8-4-5;/h5,8H,1-4H2,(H2,7,9);1H/t5-;/m1./s1. The maximum atomic E-state index is 10.5. The zero-order valence-electron chi connectivity index (χ0n) is 5.80. The molecule has 1 fully saturated rings. The summed E-state index contributed by atoms with van der Waals surface area (Å²) >= 11 is 0. The van der Waals surface area contributed by atoms with E-state index >= 15 is 0 Å². The molecule has 1 rings (SSSR count). The van der Waals surface area contributed by atoms with Crippen LogP contribution in [0.4, 0.5) is 0 Å². The number of halogens is 1. The van der Waals surface area contributed by atoms with Gasteiger partial charge in [0.1, 0.15) is 0 Å². The van der Waals surface area contributed by atoms with E-state index in [9.17, 15) is 4.79 Å². The van der Waals surface area contributed by atoms with Crippen LogP contribution < -0.4 is 11.1 Å². The Morgan fingerprint density at radius 2 is 2.30 bits per heavy atom. The van der Waals surface area contributed by atoms with Crippen LogP contribution in [-0.4, -0.2) is 19.0 Å². The van der Waals surface area contributed by atoms with Crippen molar-refractivity contribution in [3.05, 3.63) is 0 Å². The third kappa shape index (κ3) is 2.54. The van der Waals surface area contributed by atoms with Gasteiger partial charge in [0.05, 0.1) is 5.92 Å². The molecule has 0 radical (unpaired) electrons. The molecule has 1 atom stereocenters. The minimum atomic E-state index is -0.165. The van der Waals surface area contributed by atoms with Gasteiger partial charge in [0.15, 0.2) is 0 Å². The highest BCUT2D eigenvalue weighted by molar-refractivity contribution is 5.85. The van der Waals surface area contributed by atoms with E-state index in [-0.39, 0.29) is 24.2 Å². The maximum absolute atomic E-state index is 10.5. The van der Waals surface area contributed by atoms with E-state index in [2.05, 4.69) is 5.32 Å². The van der Waals surface area contributed by atoms with Crippen molar-refractivity contribution in [2.24, 2.45) is 11.7 Å². The first kappa shape index (κ1) is 9.72. The van der Waals surface area contributed by atoms with Gasteiger partial charge < -0.3 is 11.1 Å². The second-order valence-corrected chi connectivity index (χ2v) is 2.45. The summed E-state index contributed by atoms with van der Waals surface area (Å²) in [6.07, 6.45) is 2.04. The number of amides is 1. The predicted octanol–water partition coefficient (Wildman–Crippen LogP) is -0.107. The summed E-state index contributed by atoms with van der Waals surface area (Å²) in [5.74, 6) is -0.0825. The molecule has 0 aliphatic carbocycles. The van der Waals surface area contributed by atoms with Gasteiger partial charge in [-0.25, -0.2) is 0 Å². The van der Waals surface area contributed by atoms with Gasteiger partial charge in [0.2, 0.25) is 5.91 Å². The topological polar surface area (TPSA) is 55.1 Å². The molecule has 10 heavy (non-hydrogen) atoms. The fraction of sp³-hybridized carbons (Fsp3) is 0.833. The smallest absolute Gasteiger partial charge is 0.221 e. The molecular formula is C6H13ClN2O. The summed E-state index contributed by atoms with van der Waals surface area (Å²) in [4.78, 5) is 10.5. The molecule has 0 unspecified atom stereocenters. The van der Waals surface area contributed by atoms with E-state index in [1.165, 1.54) is 0 Å². The van der Waals surface area contributed by atoms with Gasteiger partial charge in [0, 0.05) is 6.54 Å². The first-order valence-electron chi connectivity index (χ1n) is 3.31. The van der Waals surface area contributed by atoms with E-state index < -0.39 is 0 Å². The largest absolute Gasteiger partial charge is 0.369 e. The van der Waals surface area contributed by atoms with Crippen LogP contribution in [-0.2, 0) is 4.79 Å². The highest BCUT2D eigenvalue weighted by atomic mass is 35.5. The lowest BCUT2D eigenvalue weighted by Gasteiger charge is -2.18. The Balaban J connectivity index is 0.000000810. The average Bonchev–Trinajstić information content (AvgIpc) is 1.90. The number of nitrogens with two attached hydrogens (primary N) is 1. The Morgan fingerprint density at radius 1 is 1.60 bits per heavy atom. The lowest BCUT2D eigenvalue weighted by Crippen LogP contribution is -2.37. The lowest BCUT2D eigenvalue weighted by atomic mass is 9.99. The Morgan fingerprint density at radius 3 is 2.60 bits per heavy atom. The first-order valence-corrected chi connectivity index (χ1v) is 3.31. The molecule has 4 heteroatoms. The highest BCUT2D eigenvalue weighted by Gasteiger charge is 2.17. The summed E-state index contributed by atoms with van der Waals surface area (Å²) in [5, 5.41) is 3.12. The van der Waals surface area contributed by atoms with E-state index in [0.717, 1.165) is 25.9 Å². The molecule has 3 N–H and O–H groups in total. The molecule has 1 saturated heterocycles. The quantitative estimate of drug-likeness (QED) is 0.569. The molecule has 3 nitrogen and oxygen atoms in total. The van der Waals surface area contributed by atoms with Crippen LogP contribution in [0.5, 0.6) is 0 Å². The Bertz CT molecular complexity index is 112. The van der Waals surface area contributed by atoms with E-state index in [1.807, 2.05) is 0 Å². The second kappa shape index (κ2) is 4.52. The number of rotatable bonds is 1. The number of carbonyl (C=O) groups excluding carboxylic acids is 1. The number of hydrogen-bond donors (Lipinski definition) is 2. The molecule has 0 saturated carbocycles. The van der Waals surface area contributed by atoms with Gasteiger partial charge in [-0.15, -0.1) is 12.4 Å². The third-order valence-electron chi connectivity index (χ3n) is 1.70. The fourth-order valence-corrected chi connectivity index (χ4v) is 1.09. The van der Waals surface area contributed by atoms with Crippen molar-refractivity contribution in [2.75, 3.05) is 13.1 Å². The van der Waals surface area contributed by atoms with Crippen molar-refractivity contribution < 1.29 is 4.79 Å². The Hall–Kier alpha value is -0.280. The third-order valence-corrected chi connectivity index (χ3v) is 1.70. The minimum absolute atomic E-state index is 0. The van der Waals surface area contributed by atoms with Gasteiger partial charge in [-0.1, -0.05) is 0 Å². The average molecular weight is 165 g/mol. The van der Waals surface area contributed by atoms with Crippen molar-refractivity contribution in [1.82, 2.24) is 5.32 Å². The molecule has 1 aliphatic heterocycles. The van der Waals surface area contributed by atoms with Crippen LogP contribution in [0, 0.1) is 5.92 Å². The monoisotopic (exact) mass is 164 g/mol. The molecule has 1 aliphatic rings. The summed E-state index contributed by atoms with van der Waals surface area (Å²) in [6.45, 7) is 1.80. The zero-order chi connectivity index (χ0) is 6.69. The maximum Gasteiger partial charge on any atom is 0.221 e. The normalized spacial score (nSPS) is 25.0. The number of nitrogens with one attached hydrogen (secondary N) is 1. The van der Waals surface area contributed by atoms with Crippen molar-refractivity contribution in [3.8, 4) is 0 Å². The highest BCUT2D eigenvalue weighted by Crippen LogP contribution is 2.07. The van der Waals surface area contributed by atoms with Crippen molar-refractivity contribution in [1.29, 1.82) is 0 Å². The SMILES string of the molecule is Cl.NC(=O)[C@@H]1CCCNC1. The Labute approximate surface area is 66.8 Å². The van der Waals surface area contributed by atoms with Gasteiger partial charge in [0.25, 0.3) is 0 Å². The first-order chi connectivity index (χ1) is 4.30. The summed E-state index contributed by atoms with van der Waals surface area (Å²) in [7, 11) is 0. The molecule has 1 amide bonds. The van der Waals surface area contributed by atoms with Crippen LogP contribution in [0.3, 0.4) is 0 Å². The molecule has 0 bridgehead atoms. The second-order valence-electron chi connectivity index (χ2n) is 2.45. The molecule has 0 aromatic carbocycles. The van der Waals surface area contributed by atoms with Crippen molar-refractivity contribution >= 4 is 18.3 Å². The van der Waals surface area contributed by atoms with E-state index in [1.54, 1.807) is 0 Å². The van der Waals surface area contributed by atoms with Crippen LogP contribution >= 0.6 is 12.4 Å². The fourth-order valence-electron chi connectivity index (χ4n) is 1.09. The van der Waals surface area contributed by atoms with E-state index in [4.69, 9.17) is 5.73 Å². The van der Waals surface area contributed by atoms with Gasteiger partial charge in [-0.3, -0.25) is 4.79 Å². The van der Waals surface area contributed by atoms with Crippen LogP contribution in [0.2, 0.25) is 0 Å². The number of piperidine rings is 1. The number of hydrogen-bond acceptors (Lipinski definition) is 2. The van der Waals surface area contributed by atoms with E-state index in [0.29, 0.717) is 0 Å². The number of carbonyl (C=O) groups is 1. The van der Waals surface area contributed by atoms with Gasteiger partial charge in [-0.05, 0) is 19.4 Å². The Kier molecular flexibility index (Phi) is 4.40. The van der Waals surface area contributed by atoms with Crippen LogP contribution in [0.1, 0.15) is 12.8 Å². The van der Waals surface area contributed by atoms with Gasteiger partial charge in [-0.2, -0.15) is 0 Å².